The molecule has 0 bridgehead atoms. The van der Waals surface area contributed by atoms with Gasteiger partial charge in [-0.25, -0.2) is 0 Å². The van der Waals surface area contributed by atoms with Crippen LogP contribution in [0.2, 0.25) is 0 Å². The first-order chi connectivity index (χ1) is 16.9. The maximum atomic E-state index is 13.4. The van der Waals surface area contributed by atoms with Crippen LogP contribution in [0.15, 0.2) is 66.7 Å². The molecule has 7 heteroatoms. The van der Waals surface area contributed by atoms with Crippen LogP contribution in [-0.4, -0.2) is 42.9 Å². The van der Waals surface area contributed by atoms with Crippen molar-refractivity contribution < 1.29 is 27.8 Å². The van der Waals surface area contributed by atoms with Gasteiger partial charge in [0.05, 0.1) is 12.2 Å². The Balaban J connectivity index is 1.42. The summed E-state index contributed by atoms with van der Waals surface area (Å²) in [5.74, 6) is 0.838. The summed E-state index contributed by atoms with van der Waals surface area (Å²) in [5.41, 5.74) is 1.68. The molecule has 2 atom stereocenters. The Labute approximate surface area is 202 Å². The largest absolute Gasteiger partial charge is 0.508 e. The minimum atomic E-state index is -4.42. The fraction of sp³-hybridized carbons (Fsp3) is 0.357. The van der Waals surface area contributed by atoms with Gasteiger partial charge in [-0.1, -0.05) is 36.4 Å². The maximum absolute atomic E-state index is 13.4. The summed E-state index contributed by atoms with van der Waals surface area (Å²) in [4.78, 5) is 2.39. The van der Waals surface area contributed by atoms with Crippen molar-refractivity contribution in [1.29, 1.82) is 0 Å². The molecule has 0 amide bonds. The van der Waals surface area contributed by atoms with Gasteiger partial charge in [0.15, 0.2) is 0 Å². The Morgan fingerprint density at radius 1 is 0.943 bits per heavy atom. The fourth-order valence-electron chi connectivity index (χ4n) is 5.11. The van der Waals surface area contributed by atoms with E-state index >= 15 is 0 Å². The van der Waals surface area contributed by atoms with E-state index in [1.807, 2.05) is 24.3 Å². The molecular formula is C28H28F3NO3. The van der Waals surface area contributed by atoms with Gasteiger partial charge in [-0.15, -0.1) is 0 Å². The van der Waals surface area contributed by atoms with Crippen molar-refractivity contribution in [2.75, 3.05) is 32.8 Å². The van der Waals surface area contributed by atoms with Gasteiger partial charge in [0.1, 0.15) is 23.9 Å². The number of phenols is 1. The average Bonchev–Trinajstić information content (AvgIpc) is 3.37. The number of alkyl halides is 3. The first-order valence-corrected chi connectivity index (χ1v) is 12.0. The molecule has 3 aromatic rings. The van der Waals surface area contributed by atoms with E-state index in [0.29, 0.717) is 17.9 Å². The molecule has 0 saturated carbocycles. The highest BCUT2D eigenvalue weighted by Crippen LogP contribution is 2.47. The van der Waals surface area contributed by atoms with Gasteiger partial charge < -0.3 is 14.6 Å². The molecule has 1 saturated heterocycles. The Morgan fingerprint density at radius 2 is 1.71 bits per heavy atom. The molecule has 5 rings (SSSR count). The predicted molar refractivity (Wildman–Crippen MR) is 127 cm³/mol. The average molecular weight is 484 g/mol. The third-order valence-corrected chi connectivity index (χ3v) is 6.91. The second-order valence-electron chi connectivity index (χ2n) is 9.21. The van der Waals surface area contributed by atoms with Crippen molar-refractivity contribution in [3.8, 4) is 17.2 Å². The molecule has 2 aliphatic rings. The molecule has 3 aromatic carbocycles. The van der Waals surface area contributed by atoms with Crippen LogP contribution < -0.4 is 9.47 Å². The van der Waals surface area contributed by atoms with Crippen LogP contribution in [0.25, 0.3) is 0 Å². The molecule has 35 heavy (non-hydrogen) atoms. The van der Waals surface area contributed by atoms with E-state index in [-0.39, 0.29) is 24.2 Å². The van der Waals surface area contributed by atoms with Crippen molar-refractivity contribution in [3.05, 3.63) is 89.0 Å². The number of ether oxygens (including phenoxy) is 2. The van der Waals surface area contributed by atoms with Gasteiger partial charge in [0.25, 0.3) is 0 Å². The SMILES string of the molecule is Oc1ccc2c(c1)OC[C@H](c1cccc(C(F)(F)F)c1)[C@@H]2c1ccc(OCCN2CCCC2)cc1. The van der Waals surface area contributed by atoms with Gasteiger partial charge in [-0.2, -0.15) is 13.2 Å². The second kappa shape index (κ2) is 9.82. The summed E-state index contributed by atoms with van der Waals surface area (Å²) in [6.07, 6.45) is -1.93. The van der Waals surface area contributed by atoms with E-state index in [9.17, 15) is 18.3 Å². The lowest BCUT2D eigenvalue weighted by atomic mass is 9.75. The number of benzene rings is 3. The summed E-state index contributed by atoms with van der Waals surface area (Å²) in [7, 11) is 0. The van der Waals surface area contributed by atoms with E-state index in [1.165, 1.54) is 25.0 Å². The molecule has 0 unspecified atom stereocenters. The standard InChI is InChI=1S/C28H28F3NO3/c29-28(30,31)21-5-3-4-20(16-21)25-18-35-26-17-22(33)8-11-24(26)27(25)19-6-9-23(10-7-19)34-15-14-32-12-1-2-13-32/h3-11,16-17,25,27,33H,1-2,12-15,18H2/t25-,27-/m1/s1. The number of hydrogen-bond acceptors (Lipinski definition) is 4. The Morgan fingerprint density at radius 3 is 2.46 bits per heavy atom. The van der Waals surface area contributed by atoms with Gasteiger partial charge in [-0.05, 0) is 61.3 Å². The lowest BCUT2D eigenvalue weighted by Crippen LogP contribution is -2.26. The lowest BCUT2D eigenvalue weighted by molar-refractivity contribution is -0.137. The first-order valence-electron chi connectivity index (χ1n) is 12.0. The van der Waals surface area contributed by atoms with Crippen molar-refractivity contribution in [1.82, 2.24) is 4.90 Å². The van der Waals surface area contributed by atoms with Crippen molar-refractivity contribution in [2.24, 2.45) is 0 Å². The number of aromatic hydroxyl groups is 1. The number of fused-ring (bicyclic) bond motifs is 1. The lowest BCUT2D eigenvalue weighted by Gasteiger charge is -2.35. The van der Waals surface area contributed by atoms with Gasteiger partial charge in [-0.3, -0.25) is 4.90 Å². The zero-order chi connectivity index (χ0) is 24.4. The highest BCUT2D eigenvalue weighted by Gasteiger charge is 2.36. The molecule has 0 aliphatic carbocycles. The minimum absolute atomic E-state index is 0.0850. The van der Waals surface area contributed by atoms with E-state index in [0.717, 1.165) is 42.6 Å². The Kier molecular flexibility index (Phi) is 6.60. The van der Waals surface area contributed by atoms with E-state index in [2.05, 4.69) is 4.90 Å². The Bertz CT molecular complexity index is 1160. The third kappa shape index (κ3) is 5.25. The van der Waals surface area contributed by atoms with Crippen LogP contribution in [0, 0.1) is 0 Å². The highest BCUT2D eigenvalue weighted by molar-refractivity contribution is 5.51. The zero-order valence-electron chi connectivity index (χ0n) is 19.3. The third-order valence-electron chi connectivity index (χ3n) is 6.91. The van der Waals surface area contributed by atoms with Crippen LogP contribution in [0.4, 0.5) is 13.2 Å². The molecular weight excluding hydrogens is 455 g/mol. The summed E-state index contributed by atoms with van der Waals surface area (Å²) < 4.78 is 52.1. The summed E-state index contributed by atoms with van der Waals surface area (Å²) in [6, 6.07) is 18.2. The van der Waals surface area contributed by atoms with Crippen molar-refractivity contribution >= 4 is 0 Å². The van der Waals surface area contributed by atoms with Crippen LogP contribution in [-0.2, 0) is 6.18 Å². The van der Waals surface area contributed by atoms with Crippen molar-refractivity contribution in [3.63, 3.8) is 0 Å². The number of nitrogens with zero attached hydrogens (tertiary/aromatic N) is 1. The monoisotopic (exact) mass is 483 g/mol. The highest BCUT2D eigenvalue weighted by atomic mass is 19.4. The molecule has 184 valence electrons. The smallest absolute Gasteiger partial charge is 0.416 e. The van der Waals surface area contributed by atoms with Crippen LogP contribution in [0.5, 0.6) is 17.2 Å². The van der Waals surface area contributed by atoms with Crippen molar-refractivity contribution in [2.45, 2.75) is 30.9 Å². The van der Waals surface area contributed by atoms with Gasteiger partial charge in [0, 0.05) is 30.0 Å². The fourth-order valence-corrected chi connectivity index (χ4v) is 5.11. The number of phenolic OH excluding ortho intramolecular Hbond substituents is 1. The number of likely N-dealkylation sites (tertiary alicyclic amines) is 1. The molecule has 4 nitrogen and oxygen atoms in total. The number of hydrogen-bond donors (Lipinski definition) is 1. The quantitative estimate of drug-likeness (QED) is 0.454. The van der Waals surface area contributed by atoms with Gasteiger partial charge in [0.2, 0.25) is 0 Å². The normalized spacial score (nSPS) is 20.3. The first kappa shape index (κ1) is 23.5. The molecule has 1 fully saturated rings. The zero-order valence-corrected chi connectivity index (χ0v) is 19.3. The molecule has 0 radical (unpaired) electrons. The van der Waals surface area contributed by atoms with Gasteiger partial charge >= 0.3 is 6.18 Å². The molecule has 2 aliphatic heterocycles. The summed E-state index contributed by atoms with van der Waals surface area (Å²) in [6.45, 7) is 3.97. The predicted octanol–water partition coefficient (Wildman–Crippen LogP) is 6.19. The van der Waals surface area contributed by atoms with E-state index in [4.69, 9.17) is 9.47 Å². The van der Waals surface area contributed by atoms with E-state index < -0.39 is 11.7 Å². The topological polar surface area (TPSA) is 41.9 Å². The molecule has 0 aromatic heterocycles. The van der Waals surface area contributed by atoms with E-state index in [1.54, 1.807) is 24.3 Å². The minimum Gasteiger partial charge on any atom is -0.508 e. The maximum Gasteiger partial charge on any atom is 0.416 e. The van der Waals surface area contributed by atoms with Crippen LogP contribution in [0.1, 0.15) is 46.9 Å². The van der Waals surface area contributed by atoms with Crippen LogP contribution >= 0.6 is 0 Å². The number of rotatable bonds is 6. The summed E-state index contributed by atoms with van der Waals surface area (Å²) in [5, 5.41) is 9.93. The number of halogens is 3. The van der Waals surface area contributed by atoms with Crippen LogP contribution in [0.3, 0.4) is 0 Å². The Hall–Kier alpha value is -3.19. The molecule has 1 N–H and O–H groups in total. The summed E-state index contributed by atoms with van der Waals surface area (Å²) >= 11 is 0. The molecule has 0 spiro atoms. The molecule has 2 heterocycles. The second-order valence-corrected chi connectivity index (χ2v) is 9.21.